The predicted molar refractivity (Wildman–Crippen MR) is 90.5 cm³/mol. The molecule has 1 rings (SSSR count). The largest absolute Gasteiger partial charge is 0.311 e. The van der Waals surface area contributed by atoms with E-state index in [4.69, 9.17) is 0 Å². The van der Waals surface area contributed by atoms with Crippen LogP contribution in [0.15, 0.2) is 24.3 Å². The number of hydrogen-bond donors (Lipinski definition) is 1. The molecule has 1 N–H and O–H groups in total. The molecule has 0 spiro atoms. The number of rotatable bonds is 6. The maximum atomic E-state index is 3.67. The van der Waals surface area contributed by atoms with Gasteiger partial charge in [0.25, 0.3) is 0 Å². The molecule has 0 radical (unpaired) electrons. The predicted octanol–water partition coefficient (Wildman–Crippen LogP) is 5.33. The summed E-state index contributed by atoms with van der Waals surface area (Å²) in [5.74, 6) is 1.91. The Morgan fingerprint density at radius 2 is 1.45 bits per heavy atom. The molecule has 2 atom stereocenters. The fourth-order valence-electron chi connectivity index (χ4n) is 2.48. The Kier molecular flexibility index (Phi) is 6.26. The van der Waals surface area contributed by atoms with E-state index in [2.05, 4.69) is 78.0 Å². The third kappa shape index (κ3) is 5.28. The third-order valence-electron chi connectivity index (χ3n) is 4.21. The molecule has 2 unspecified atom stereocenters. The van der Waals surface area contributed by atoms with Gasteiger partial charge in [-0.2, -0.15) is 0 Å². The smallest absolute Gasteiger partial charge is 0.00967 e. The van der Waals surface area contributed by atoms with Crippen molar-refractivity contribution in [3.8, 4) is 0 Å². The molecule has 20 heavy (non-hydrogen) atoms. The van der Waals surface area contributed by atoms with Crippen LogP contribution >= 0.6 is 0 Å². The second kappa shape index (κ2) is 7.26. The Morgan fingerprint density at radius 1 is 0.950 bits per heavy atom. The first-order valence-electron chi connectivity index (χ1n) is 8.09. The Balaban J connectivity index is 2.87. The molecular formula is C19H33N. The van der Waals surface area contributed by atoms with Gasteiger partial charge in [0, 0.05) is 12.1 Å². The standard InChI is InChI=1S/C19H33N/c1-8-15(4)18(13-20-19(5,6)7)17-11-9-16(10-12-17)14(2)3/h9-12,14-15,18,20H,8,13H2,1-7H3. The Labute approximate surface area is 126 Å². The molecule has 114 valence electrons. The van der Waals surface area contributed by atoms with Crippen LogP contribution in [0.25, 0.3) is 0 Å². The van der Waals surface area contributed by atoms with E-state index in [9.17, 15) is 0 Å². The van der Waals surface area contributed by atoms with E-state index in [1.807, 2.05) is 0 Å². The highest BCUT2D eigenvalue weighted by Crippen LogP contribution is 2.28. The van der Waals surface area contributed by atoms with Crippen LogP contribution in [-0.4, -0.2) is 12.1 Å². The fraction of sp³-hybridized carbons (Fsp3) is 0.684. The van der Waals surface area contributed by atoms with Crippen LogP contribution < -0.4 is 5.32 Å². The van der Waals surface area contributed by atoms with Crippen LogP contribution in [-0.2, 0) is 0 Å². The van der Waals surface area contributed by atoms with Crippen molar-refractivity contribution >= 4 is 0 Å². The van der Waals surface area contributed by atoms with Gasteiger partial charge in [-0.3, -0.25) is 0 Å². The van der Waals surface area contributed by atoms with Gasteiger partial charge >= 0.3 is 0 Å². The summed E-state index contributed by atoms with van der Waals surface area (Å²) in [5.41, 5.74) is 3.09. The first-order chi connectivity index (χ1) is 9.24. The molecule has 0 fully saturated rings. The van der Waals surface area contributed by atoms with Gasteiger partial charge in [-0.1, -0.05) is 58.4 Å². The monoisotopic (exact) mass is 275 g/mol. The molecule has 0 aliphatic heterocycles. The van der Waals surface area contributed by atoms with Crippen molar-refractivity contribution in [3.63, 3.8) is 0 Å². The molecular weight excluding hydrogens is 242 g/mol. The molecule has 0 bridgehead atoms. The first-order valence-corrected chi connectivity index (χ1v) is 8.09. The zero-order chi connectivity index (χ0) is 15.3. The van der Waals surface area contributed by atoms with E-state index in [0.717, 1.165) is 6.54 Å². The van der Waals surface area contributed by atoms with Crippen molar-refractivity contribution in [1.82, 2.24) is 5.32 Å². The summed E-state index contributed by atoms with van der Waals surface area (Å²) in [6, 6.07) is 9.26. The molecule has 0 aliphatic rings. The van der Waals surface area contributed by atoms with Crippen molar-refractivity contribution < 1.29 is 0 Å². The van der Waals surface area contributed by atoms with Gasteiger partial charge in [0.15, 0.2) is 0 Å². The minimum atomic E-state index is 0.184. The summed E-state index contributed by atoms with van der Waals surface area (Å²) in [4.78, 5) is 0. The normalized spacial score (nSPS) is 15.4. The van der Waals surface area contributed by atoms with Crippen molar-refractivity contribution in [2.24, 2.45) is 5.92 Å². The number of hydrogen-bond acceptors (Lipinski definition) is 1. The van der Waals surface area contributed by atoms with Crippen molar-refractivity contribution in [2.75, 3.05) is 6.54 Å². The summed E-state index contributed by atoms with van der Waals surface area (Å²) in [6.45, 7) is 16.9. The van der Waals surface area contributed by atoms with Gasteiger partial charge in [0.1, 0.15) is 0 Å². The van der Waals surface area contributed by atoms with Gasteiger partial charge in [0.05, 0.1) is 0 Å². The minimum absolute atomic E-state index is 0.184. The van der Waals surface area contributed by atoms with E-state index in [1.165, 1.54) is 17.5 Å². The van der Waals surface area contributed by atoms with Crippen LogP contribution in [0.5, 0.6) is 0 Å². The average Bonchev–Trinajstić information content (AvgIpc) is 2.37. The van der Waals surface area contributed by atoms with Gasteiger partial charge in [-0.05, 0) is 49.7 Å². The van der Waals surface area contributed by atoms with E-state index < -0.39 is 0 Å². The summed E-state index contributed by atoms with van der Waals surface area (Å²) >= 11 is 0. The van der Waals surface area contributed by atoms with E-state index >= 15 is 0 Å². The Bertz CT molecular complexity index is 383. The topological polar surface area (TPSA) is 12.0 Å². The van der Waals surface area contributed by atoms with Crippen molar-refractivity contribution in [3.05, 3.63) is 35.4 Å². The Morgan fingerprint density at radius 3 is 1.85 bits per heavy atom. The molecule has 0 aromatic heterocycles. The molecule has 0 aliphatic carbocycles. The Hall–Kier alpha value is -0.820. The molecule has 1 aromatic carbocycles. The van der Waals surface area contributed by atoms with Gasteiger partial charge in [-0.25, -0.2) is 0 Å². The molecule has 0 saturated carbocycles. The van der Waals surface area contributed by atoms with E-state index in [-0.39, 0.29) is 5.54 Å². The van der Waals surface area contributed by atoms with Crippen LogP contribution in [0.4, 0.5) is 0 Å². The SMILES string of the molecule is CCC(C)C(CNC(C)(C)C)c1ccc(C(C)C)cc1. The van der Waals surface area contributed by atoms with Gasteiger partial charge in [-0.15, -0.1) is 0 Å². The zero-order valence-electron chi connectivity index (χ0n) is 14.5. The highest BCUT2D eigenvalue weighted by atomic mass is 14.9. The van der Waals surface area contributed by atoms with Crippen LogP contribution in [0.2, 0.25) is 0 Å². The third-order valence-corrected chi connectivity index (χ3v) is 4.21. The molecule has 1 heteroatoms. The lowest BCUT2D eigenvalue weighted by Gasteiger charge is -2.29. The zero-order valence-corrected chi connectivity index (χ0v) is 14.5. The van der Waals surface area contributed by atoms with E-state index in [1.54, 1.807) is 0 Å². The summed E-state index contributed by atoms with van der Waals surface area (Å²) in [5, 5.41) is 3.67. The molecule has 1 aromatic rings. The van der Waals surface area contributed by atoms with Gasteiger partial charge in [0.2, 0.25) is 0 Å². The number of nitrogens with one attached hydrogen (secondary N) is 1. The van der Waals surface area contributed by atoms with Crippen LogP contribution in [0.3, 0.4) is 0 Å². The lowest BCUT2D eigenvalue weighted by molar-refractivity contribution is 0.356. The highest BCUT2D eigenvalue weighted by Gasteiger charge is 2.20. The van der Waals surface area contributed by atoms with Crippen molar-refractivity contribution in [1.29, 1.82) is 0 Å². The lowest BCUT2D eigenvalue weighted by Crippen LogP contribution is -2.39. The quantitative estimate of drug-likeness (QED) is 0.740. The summed E-state index contributed by atoms with van der Waals surface area (Å²) in [7, 11) is 0. The second-order valence-electron chi connectivity index (χ2n) is 7.44. The summed E-state index contributed by atoms with van der Waals surface area (Å²) in [6.07, 6.45) is 1.22. The van der Waals surface area contributed by atoms with E-state index in [0.29, 0.717) is 17.8 Å². The average molecular weight is 275 g/mol. The number of benzene rings is 1. The second-order valence-corrected chi connectivity index (χ2v) is 7.44. The first kappa shape index (κ1) is 17.2. The lowest BCUT2D eigenvalue weighted by atomic mass is 9.84. The molecule has 0 amide bonds. The highest BCUT2D eigenvalue weighted by molar-refractivity contribution is 5.28. The van der Waals surface area contributed by atoms with Gasteiger partial charge < -0.3 is 5.32 Å². The molecule has 0 saturated heterocycles. The summed E-state index contributed by atoms with van der Waals surface area (Å²) < 4.78 is 0. The molecule has 1 nitrogen and oxygen atoms in total. The minimum Gasteiger partial charge on any atom is -0.311 e. The molecule has 0 heterocycles. The maximum Gasteiger partial charge on any atom is 0.00967 e. The van der Waals surface area contributed by atoms with Crippen molar-refractivity contribution in [2.45, 2.75) is 72.3 Å². The van der Waals surface area contributed by atoms with Crippen LogP contribution in [0, 0.1) is 5.92 Å². The van der Waals surface area contributed by atoms with Crippen LogP contribution in [0.1, 0.15) is 77.8 Å². The maximum absolute atomic E-state index is 3.67. The fourth-order valence-corrected chi connectivity index (χ4v) is 2.48.